The van der Waals surface area contributed by atoms with E-state index in [9.17, 15) is 10.1 Å². The number of piperidine rings is 1. The van der Waals surface area contributed by atoms with Crippen LogP contribution in [0.2, 0.25) is 0 Å². The first-order chi connectivity index (χ1) is 15.2. The summed E-state index contributed by atoms with van der Waals surface area (Å²) in [5.41, 5.74) is 1.31. The monoisotopic (exact) mass is 421 g/mol. The van der Waals surface area contributed by atoms with Gasteiger partial charge in [-0.25, -0.2) is 15.0 Å². The summed E-state index contributed by atoms with van der Waals surface area (Å²) < 4.78 is 1.97. The van der Waals surface area contributed by atoms with Gasteiger partial charge in [0, 0.05) is 38.6 Å². The highest BCUT2D eigenvalue weighted by atomic mass is 16.6. The van der Waals surface area contributed by atoms with Crippen LogP contribution in [0.5, 0.6) is 0 Å². The number of aryl methyl sites for hydroxylation is 1. The molecule has 1 saturated heterocycles. The molecule has 1 aromatic carbocycles. The molecular formula is C22H27N7O2. The van der Waals surface area contributed by atoms with Crippen molar-refractivity contribution in [2.75, 3.05) is 29.9 Å². The number of rotatable bonds is 9. The van der Waals surface area contributed by atoms with Crippen LogP contribution < -0.4 is 10.2 Å². The van der Waals surface area contributed by atoms with Crippen molar-refractivity contribution in [2.45, 2.75) is 32.2 Å². The lowest BCUT2D eigenvalue weighted by Crippen LogP contribution is -2.35. The number of imidazole rings is 1. The van der Waals surface area contributed by atoms with Gasteiger partial charge in [-0.3, -0.25) is 10.1 Å². The zero-order chi connectivity index (χ0) is 21.5. The van der Waals surface area contributed by atoms with Crippen molar-refractivity contribution in [3.8, 4) is 0 Å². The third-order valence-electron chi connectivity index (χ3n) is 5.71. The maximum atomic E-state index is 11.9. The molecule has 4 rings (SSSR count). The Labute approximate surface area is 181 Å². The SMILES string of the molecule is O=[N+]([O-])c1c(NCCCn2ccnc2)ncnc1N1CCC(Cc2ccccc2)CC1. The van der Waals surface area contributed by atoms with Crippen molar-refractivity contribution in [3.05, 3.63) is 71.1 Å². The molecule has 31 heavy (non-hydrogen) atoms. The molecule has 3 aromatic rings. The summed E-state index contributed by atoms with van der Waals surface area (Å²) in [5.74, 6) is 1.28. The van der Waals surface area contributed by atoms with Gasteiger partial charge in [0.15, 0.2) is 0 Å². The Hall–Kier alpha value is -3.49. The number of nitrogens with zero attached hydrogens (tertiary/aromatic N) is 6. The predicted octanol–water partition coefficient (Wildman–Crippen LogP) is 3.54. The highest BCUT2D eigenvalue weighted by molar-refractivity contribution is 5.70. The molecule has 0 radical (unpaired) electrons. The number of hydrogen-bond acceptors (Lipinski definition) is 7. The molecule has 162 valence electrons. The number of nitro groups is 1. The lowest BCUT2D eigenvalue weighted by molar-refractivity contribution is -0.383. The summed E-state index contributed by atoms with van der Waals surface area (Å²) in [6.07, 6.45) is 10.6. The second-order valence-electron chi connectivity index (χ2n) is 7.85. The number of hydrogen-bond donors (Lipinski definition) is 1. The number of aromatic nitrogens is 4. The van der Waals surface area contributed by atoms with E-state index in [1.54, 1.807) is 12.5 Å². The third kappa shape index (κ3) is 5.36. The van der Waals surface area contributed by atoms with Gasteiger partial charge in [-0.15, -0.1) is 0 Å². The summed E-state index contributed by atoms with van der Waals surface area (Å²) in [4.78, 5) is 26.0. The van der Waals surface area contributed by atoms with Crippen molar-refractivity contribution < 1.29 is 4.92 Å². The molecule has 0 bridgehead atoms. The molecule has 0 atom stereocenters. The Morgan fingerprint density at radius 1 is 1.16 bits per heavy atom. The van der Waals surface area contributed by atoms with Crippen LogP contribution in [0, 0.1) is 16.0 Å². The quantitative estimate of drug-likeness (QED) is 0.320. The van der Waals surface area contributed by atoms with Gasteiger partial charge in [0.25, 0.3) is 0 Å². The topological polar surface area (TPSA) is 102 Å². The van der Waals surface area contributed by atoms with E-state index < -0.39 is 0 Å². The average Bonchev–Trinajstić information content (AvgIpc) is 3.31. The van der Waals surface area contributed by atoms with Crippen molar-refractivity contribution >= 4 is 17.3 Å². The minimum Gasteiger partial charge on any atom is -0.364 e. The molecule has 2 aromatic heterocycles. The summed E-state index contributed by atoms with van der Waals surface area (Å²) >= 11 is 0. The first-order valence-electron chi connectivity index (χ1n) is 10.7. The molecule has 0 saturated carbocycles. The Morgan fingerprint density at radius 2 is 1.97 bits per heavy atom. The molecule has 1 fully saturated rings. The van der Waals surface area contributed by atoms with Gasteiger partial charge >= 0.3 is 5.69 Å². The fourth-order valence-corrected chi connectivity index (χ4v) is 4.08. The summed E-state index contributed by atoms with van der Waals surface area (Å²) in [7, 11) is 0. The molecule has 9 heteroatoms. The van der Waals surface area contributed by atoms with E-state index in [0.717, 1.165) is 45.3 Å². The van der Waals surface area contributed by atoms with Gasteiger partial charge in [0.05, 0.1) is 11.3 Å². The van der Waals surface area contributed by atoms with Gasteiger partial charge < -0.3 is 14.8 Å². The van der Waals surface area contributed by atoms with E-state index in [1.807, 2.05) is 21.7 Å². The molecule has 1 aliphatic heterocycles. The van der Waals surface area contributed by atoms with Gasteiger partial charge in [-0.05, 0) is 37.2 Å². The van der Waals surface area contributed by atoms with Gasteiger partial charge in [0.1, 0.15) is 6.33 Å². The number of benzene rings is 1. The Kier molecular flexibility index (Phi) is 6.71. The lowest BCUT2D eigenvalue weighted by atomic mass is 9.90. The second-order valence-corrected chi connectivity index (χ2v) is 7.85. The summed E-state index contributed by atoms with van der Waals surface area (Å²) in [6, 6.07) is 10.5. The lowest BCUT2D eigenvalue weighted by Gasteiger charge is -2.32. The molecule has 0 unspecified atom stereocenters. The second kappa shape index (κ2) is 10.0. The third-order valence-corrected chi connectivity index (χ3v) is 5.71. The fourth-order valence-electron chi connectivity index (χ4n) is 4.08. The minimum atomic E-state index is -0.371. The molecule has 9 nitrogen and oxygen atoms in total. The highest BCUT2D eigenvalue weighted by Gasteiger charge is 2.29. The first-order valence-corrected chi connectivity index (χ1v) is 10.7. The van der Waals surface area contributed by atoms with Crippen LogP contribution in [-0.2, 0) is 13.0 Å². The number of anilines is 2. The summed E-state index contributed by atoms with van der Waals surface area (Å²) in [6.45, 7) is 2.88. The van der Waals surface area contributed by atoms with E-state index in [4.69, 9.17) is 0 Å². The molecule has 0 amide bonds. The van der Waals surface area contributed by atoms with Crippen LogP contribution in [0.4, 0.5) is 17.3 Å². The molecule has 0 aliphatic carbocycles. The van der Waals surface area contributed by atoms with E-state index >= 15 is 0 Å². The van der Waals surface area contributed by atoms with Crippen LogP contribution in [0.1, 0.15) is 24.8 Å². The van der Waals surface area contributed by atoms with Crippen LogP contribution in [0.15, 0.2) is 55.4 Å². The molecule has 0 spiro atoms. The Balaban J connectivity index is 1.37. The standard InChI is InChI=1S/C22H27N7O2/c30-29(31)20-21(24-9-4-11-27-14-10-23-17-27)25-16-26-22(20)28-12-7-19(8-13-28)15-18-5-2-1-3-6-18/h1-3,5-6,10,14,16-17,19H,4,7-9,11-13,15H2,(H,24,25,26). The van der Waals surface area contributed by atoms with Crippen molar-refractivity contribution in [1.29, 1.82) is 0 Å². The van der Waals surface area contributed by atoms with Crippen LogP contribution in [0.3, 0.4) is 0 Å². The molecular weight excluding hydrogens is 394 g/mol. The van der Waals surface area contributed by atoms with E-state index in [-0.39, 0.29) is 16.4 Å². The van der Waals surface area contributed by atoms with E-state index in [1.165, 1.54) is 11.9 Å². The van der Waals surface area contributed by atoms with Gasteiger partial charge in [-0.2, -0.15) is 0 Å². The normalized spacial score (nSPS) is 14.5. The van der Waals surface area contributed by atoms with Crippen LogP contribution >= 0.6 is 0 Å². The maximum absolute atomic E-state index is 11.9. The summed E-state index contributed by atoms with van der Waals surface area (Å²) in [5, 5.41) is 15.0. The van der Waals surface area contributed by atoms with Crippen molar-refractivity contribution in [3.63, 3.8) is 0 Å². The molecule has 1 aliphatic rings. The molecule has 1 N–H and O–H groups in total. The van der Waals surface area contributed by atoms with Gasteiger partial charge in [-0.1, -0.05) is 30.3 Å². The van der Waals surface area contributed by atoms with Crippen LogP contribution in [0.25, 0.3) is 0 Å². The maximum Gasteiger partial charge on any atom is 0.353 e. The smallest absolute Gasteiger partial charge is 0.353 e. The van der Waals surface area contributed by atoms with Crippen LogP contribution in [-0.4, -0.2) is 44.1 Å². The average molecular weight is 422 g/mol. The fraction of sp³-hybridized carbons (Fsp3) is 0.409. The zero-order valence-corrected chi connectivity index (χ0v) is 17.4. The highest BCUT2D eigenvalue weighted by Crippen LogP contribution is 2.34. The van der Waals surface area contributed by atoms with E-state index in [0.29, 0.717) is 18.3 Å². The van der Waals surface area contributed by atoms with E-state index in [2.05, 4.69) is 44.5 Å². The predicted molar refractivity (Wildman–Crippen MR) is 119 cm³/mol. The largest absolute Gasteiger partial charge is 0.364 e. The zero-order valence-electron chi connectivity index (χ0n) is 17.4. The van der Waals surface area contributed by atoms with Crippen molar-refractivity contribution in [2.24, 2.45) is 5.92 Å². The van der Waals surface area contributed by atoms with Gasteiger partial charge in [0.2, 0.25) is 11.6 Å². The first kappa shape index (κ1) is 20.8. The molecule has 3 heterocycles. The minimum absolute atomic E-state index is 0.0355. The number of nitrogens with one attached hydrogen (secondary N) is 1. The Bertz CT molecular complexity index is 971. The van der Waals surface area contributed by atoms with Crippen molar-refractivity contribution in [1.82, 2.24) is 19.5 Å². The Morgan fingerprint density at radius 3 is 2.68 bits per heavy atom.